The van der Waals surface area contributed by atoms with Crippen LogP contribution in [0, 0.1) is 0 Å². The molecule has 1 rings (SSSR count). The van der Waals surface area contributed by atoms with Crippen molar-refractivity contribution in [1.29, 1.82) is 0 Å². The molecule has 0 amide bonds. The Morgan fingerprint density at radius 3 is 2.85 bits per heavy atom. The van der Waals surface area contributed by atoms with E-state index in [1.165, 1.54) is 0 Å². The van der Waals surface area contributed by atoms with Crippen LogP contribution in [-0.4, -0.2) is 29.8 Å². The Kier molecular flexibility index (Phi) is 3.67. The molecule has 0 radical (unpaired) electrons. The third kappa shape index (κ3) is 3.01. The molecule has 1 aromatic heterocycles. The number of nitrogens with two attached hydrogens (primary N) is 1. The highest BCUT2D eigenvalue weighted by Crippen LogP contribution is 2.07. The number of aliphatic hydroxyl groups excluding tert-OH is 1. The molecule has 0 spiro atoms. The number of methoxy groups -OCH3 is 1. The van der Waals surface area contributed by atoms with E-state index in [0.717, 1.165) is 5.56 Å². The van der Waals surface area contributed by atoms with Gasteiger partial charge < -0.3 is 15.6 Å². The normalized spacial score (nSPS) is 12.5. The molecule has 4 nitrogen and oxygen atoms in total. The van der Waals surface area contributed by atoms with Gasteiger partial charge in [0.1, 0.15) is 0 Å². The predicted molar refractivity (Wildman–Crippen MR) is 49.6 cm³/mol. The topological polar surface area (TPSA) is 68.4 Å². The molecule has 0 bridgehead atoms. The van der Waals surface area contributed by atoms with Gasteiger partial charge in [0.15, 0.2) is 0 Å². The Morgan fingerprint density at radius 1 is 1.62 bits per heavy atom. The number of ether oxygens (including phenoxy) is 1. The van der Waals surface area contributed by atoms with Gasteiger partial charge in [0, 0.05) is 18.3 Å². The molecule has 0 aliphatic heterocycles. The summed E-state index contributed by atoms with van der Waals surface area (Å²) in [6.07, 6.45) is 2.34. The van der Waals surface area contributed by atoms with Crippen LogP contribution in [0.25, 0.3) is 0 Å². The minimum atomic E-state index is -0.213. The number of pyridine rings is 1. The lowest BCUT2D eigenvalue weighted by molar-refractivity contribution is 0.265. The molecule has 1 unspecified atom stereocenters. The average molecular weight is 182 g/mol. The maximum atomic E-state index is 8.73. The lowest BCUT2D eigenvalue weighted by atomic mass is 10.1. The smallest absolute Gasteiger partial charge is 0.212 e. The molecule has 0 saturated carbocycles. The number of aromatic nitrogens is 1. The first-order valence-electron chi connectivity index (χ1n) is 4.11. The van der Waals surface area contributed by atoms with E-state index in [1.54, 1.807) is 19.4 Å². The van der Waals surface area contributed by atoms with Crippen LogP contribution in [0.2, 0.25) is 0 Å². The van der Waals surface area contributed by atoms with E-state index in [9.17, 15) is 0 Å². The molecule has 0 saturated heterocycles. The fourth-order valence-electron chi connectivity index (χ4n) is 1.02. The van der Waals surface area contributed by atoms with E-state index in [-0.39, 0.29) is 12.6 Å². The van der Waals surface area contributed by atoms with Crippen LogP contribution in [0.1, 0.15) is 5.56 Å². The minimum Gasteiger partial charge on any atom is -0.481 e. The Balaban J connectivity index is 2.58. The van der Waals surface area contributed by atoms with Gasteiger partial charge in [0.2, 0.25) is 5.88 Å². The summed E-state index contributed by atoms with van der Waals surface area (Å²) in [5, 5.41) is 8.73. The molecule has 72 valence electrons. The quantitative estimate of drug-likeness (QED) is 0.685. The van der Waals surface area contributed by atoms with Gasteiger partial charge in [-0.25, -0.2) is 4.98 Å². The number of aliphatic hydroxyl groups is 1. The number of hydrogen-bond donors (Lipinski definition) is 2. The molecule has 0 aromatic carbocycles. The van der Waals surface area contributed by atoms with E-state index < -0.39 is 0 Å². The number of hydrogen-bond acceptors (Lipinski definition) is 4. The third-order valence-electron chi connectivity index (χ3n) is 1.74. The second-order valence-electron chi connectivity index (χ2n) is 2.86. The van der Waals surface area contributed by atoms with E-state index in [1.807, 2.05) is 6.07 Å². The first kappa shape index (κ1) is 9.95. The molecule has 0 aliphatic rings. The summed E-state index contributed by atoms with van der Waals surface area (Å²) in [6, 6.07) is 3.45. The maximum absolute atomic E-state index is 8.73. The van der Waals surface area contributed by atoms with Crippen molar-refractivity contribution in [1.82, 2.24) is 4.98 Å². The second-order valence-corrected chi connectivity index (χ2v) is 2.86. The van der Waals surface area contributed by atoms with Crippen molar-refractivity contribution in [3.63, 3.8) is 0 Å². The second kappa shape index (κ2) is 4.79. The van der Waals surface area contributed by atoms with Gasteiger partial charge in [-0.3, -0.25) is 0 Å². The summed E-state index contributed by atoms with van der Waals surface area (Å²) in [4.78, 5) is 4.03. The van der Waals surface area contributed by atoms with Gasteiger partial charge in [0.25, 0.3) is 0 Å². The molecule has 1 atom stereocenters. The minimum absolute atomic E-state index is 0.00791. The monoisotopic (exact) mass is 182 g/mol. The van der Waals surface area contributed by atoms with Gasteiger partial charge in [-0.1, -0.05) is 6.07 Å². The molecule has 4 heteroatoms. The van der Waals surface area contributed by atoms with Gasteiger partial charge in [-0.2, -0.15) is 0 Å². The zero-order chi connectivity index (χ0) is 9.68. The first-order chi connectivity index (χ1) is 6.26. The predicted octanol–water partition coefficient (Wildman–Crippen LogP) is -0.0477. The van der Waals surface area contributed by atoms with Crippen LogP contribution < -0.4 is 10.5 Å². The SMILES string of the molecule is COc1ccc(CC(N)CO)cn1. The van der Waals surface area contributed by atoms with E-state index in [4.69, 9.17) is 15.6 Å². The van der Waals surface area contributed by atoms with Gasteiger partial charge in [-0.05, 0) is 12.0 Å². The summed E-state index contributed by atoms with van der Waals surface area (Å²) in [6.45, 7) is -0.00791. The largest absolute Gasteiger partial charge is 0.481 e. The third-order valence-corrected chi connectivity index (χ3v) is 1.74. The maximum Gasteiger partial charge on any atom is 0.212 e. The van der Waals surface area contributed by atoms with Gasteiger partial charge >= 0.3 is 0 Å². The molecule has 0 fully saturated rings. The summed E-state index contributed by atoms with van der Waals surface area (Å²) in [5.74, 6) is 0.585. The van der Waals surface area contributed by atoms with E-state index in [2.05, 4.69) is 4.98 Å². The van der Waals surface area contributed by atoms with Crippen molar-refractivity contribution < 1.29 is 9.84 Å². The summed E-state index contributed by atoms with van der Waals surface area (Å²) in [5.41, 5.74) is 6.57. The number of rotatable bonds is 4. The summed E-state index contributed by atoms with van der Waals surface area (Å²) >= 11 is 0. The fraction of sp³-hybridized carbons (Fsp3) is 0.444. The average Bonchev–Trinajstić information content (AvgIpc) is 2.19. The number of nitrogens with zero attached hydrogens (tertiary/aromatic N) is 1. The van der Waals surface area contributed by atoms with Crippen LogP contribution in [0.5, 0.6) is 5.88 Å². The standard InChI is InChI=1S/C9H14N2O2/c1-13-9-3-2-7(5-11-9)4-8(10)6-12/h2-3,5,8,12H,4,6,10H2,1H3. The molecular formula is C9H14N2O2. The van der Waals surface area contributed by atoms with Crippen molar-refractivity contribution in [3.8, 4) is 5.88 Å². The Bertz CT molecular complexity index is 248. The first-order valence-corrected chi connectivity index (χ1v) is 4.11. The zero-order valence-electron chi connectivity index (χ0n) is 7.60. The Labute approximate surface area is 77.4 Å². The van der Waals surface area contributed by atoms with Crippen LogP contribution in [0.3, 0.4) is 0 Å². The molecule has 1 heterocycles. The molecule has 13 heavy (non-hydrogen) atoms. The fourth-order valence-corrected chi connectivity index (χ4v) is 1.02. The highest BCUT2D eigenvalue weighted by Gasteiger charge is 2.02. The molecule has 1 aromatic rings. The van der Waals surface area contributed by atoms with Crippen molar-refractivity contribution in [3.05, 3.63) is 23.9 Å². The highest BCUT2D eigenvalue weighted by molar-refractivity contribution is 5.18. The summed E-state index contributed by atoms with van der Waals surface area (Å²) < 4.78 is 4.91. The molecular weight excluding hydrogens is 168 g/mol. The van der Waals surface area contributed by atoms with Gasteiger partial charge in [0.05, 0.1) is 13.7 Å². The Morgan fingerprint density at radius 2 is 2.38 bits per heavy atom. The van der Waals surface area contributed by atoms with Crippen LogP contribution in [0.4, 0.5) is 0 Å². The lowest BCUT2D eigenvalue weighted by Gasteiger charge is -2.07. The van der Waals surface area contributed by atoms with Crippen LogP contribution in [-0.2, 0) is 6.42 Å². The van der Waals surface area contributed by atoms with Crippen LogP contribution >= 0.6 is 0 Å². The van der Waals surface area contributed by atoms with Crippen molar-refractivity contribution in [2.45, 2.75) is 12.5 Å². The molecule has 3 N–H and O–H groups in total. The van der Waals surface area contributed by atoms with Crippen molar-refractivity contribution in [2.75, 3.05) is 13.7 Å². The van der Waals surface area contributed by atoms with E-state index in [0.29, 0.717) is 12.3 Å². The van der Waals surface area contributed by atoms with E-state index >= 15 is 0 Å². The molecule has 0 aliphatic carbocycles. The van der Waals surface area contributed by atoms with Crippen molar-refractivity contribution in [2.24, 2.45) is 5.73 Å². The zero-order valence-corrected chi connectivity index (χ0v) is 7.60. The van der Waals surface area contributed by atoms with Crippen molar-refractivity contribution >= 4 is 0 Å². The highest BCUT2D eigenvalue weighted by atomic mass is 16.5. The lowest BCUT2D eigenvalue weighted by Crippen LogP contribution is -2.26. The summed E-state index contributed by atoms with van der Waals surface area (Å²) in [7, 11) is 1.57. The Hall–Kier alpha value is -1.13. The van der Waals surface area contributed by atoms with Crippen LogP contribution in [0.15, 0.2) is 18.3 Å². The van der Waals surface area contributed by atoms with Gasteiger partial charge in [-0.15, -0.1) is 0 Å².